The predicted molar refractivity (Wildman–Crippen MR) is 120 cm³/mol. The van der Waals surface area contributed by atoms with Gasteiger partial charge in [-0.05, 0) is 55.7 Å². The molecule has 160 valence electrons. The second-order valence-corrected chi connectivity index (χ2v) is 8.24. The number of benzene rings is 2. The SMILES string of the molecule is Cc1cc(OCC(=O)N2CCC(c3nc4ccccc4cc3C(N)=O)CC2)ccc1Cl. The number of halogens is 1. The van der Waals surface area contributed by atoms with Crippen molar-refractivity contribution in [1.29, 1.82) is 0 Å². The van der Waals surface area contributed by atoms with Gasteiger partial charge >= 0.3 is 0 Å². The Morgan fingerprint density at radius 1 is 1.16 bits per heavy atom. The number of likely N-dealkylation sites (tertiary alicyclic amines) is 1. The lowest BCUT2D eigenvalue weighted by atomic mass is 9.89. The van der Waals surface area contributed by atoms with Crippen molar-refractivity contribution in [3.05, 3.63) is 70.4 Å². The summed E-state index contributed by atoms with van der Waals surface area (Å²) in [4.78, 5) is 31.2. The molecular weight excluding hydrogens is 414 g/mol. The Morgan fingerprint density at radius 3 is 2.61 bits per heavy atom. The molecule has 1 aromatic heterocycles. The minimum atomic E-state index is -0.474. The number of nitrogens with two attached hydrogens (primary N) is 1. The van der Waals surface area contributed by atoms with Crippen LogP contribution < -0.4 is 10.5 Å². The Labute approximate surface area is 186 Å². The molecule has 6 nitrogen and oxygen atoms in total. The van der Waals surface area contributed by atoms with Crippen molar-refractivity contribution >= 4 is 34.3 Å². The highest BCUT2D eigenvalue weighted by Crippen LogP contribution is 2.31. The number of aromatic nitrogens is 1. The van der Waals surface area contributed by atoms with Crippen molar-refractivity contribution in [2.24, 2.45) is 5.73 Å². The number of carbonyl (C=O) groups excluding carboxylic acids is 2. The van der Waals surface area contributed by atoms with Crippen LogP contribution in [0.3, 0.4) is 0 Å². The zero-order valence-electron chi connectivity index (χ0n) is 17.3. The van der Waals surface area contributed by atoms with E-state index in [1.807, 2.05) is 43.3 Å². The summed E-state index contributed by atoms with van der Waals surface area (Å²) < 4.78 is 5.64. The number of hydrogen-bond donors (Lipinski definition) is 1. The molecule has 2 N–H and O–H groups in total. The molecule has 1 aliphatic heterocycles. The average Bonchev–Trinajstić information content (AvgIpc) is 2.78. The minimum absolute atomic E-state index is 0.0213. The number of para-hydroxylation sites is 1. The van der Waals surface area contributed by atoms with Crippen LogP contribution in [0.15, 0.2) is 48.5 Å². The lowest BCUT2D eigenvalue weighted by molar-refractivity contribution is -0.134. The average molecular weight is 438 g/mol. The maximum absolute atomic E-state index is 12.6. The van der Waals surface area contributed by atoms with Gasteiger partial charge in [0, 0.05) is 29.4 Å². The van der Waals surface area contributed by atoms with E-state index in [1.165, 1.54) is 0 Å². The van der Waals surface area contributed by atoms with Gasteiger partial charge < -0.3 is 15.4 Å². The fraction of sp³-hybridized carbons (Fsp3) is 0.292. The van der Waals surface area contributed by atoms with Gasteiger partial charge in [0.05, 0.1) is 16.8 Å². The monoisotopic (exact) mass is 437 g/mol. The molecule has 0 atom stereocenters. The Kier molecular flexibility index (Phi) is 6.09. The van der Waals surface area contributed by atoms with E-state index < -0.39 is 5.91 Å². The third-order valence-corrected chi connectivity index (χ3v) is 6.17. The summed E-state index contributed by atoms with van der Waals surface area (Å²) in [5, 5.41) is 1.56. The quantitative estimate of drug-likeness (QED) is 0.651. The van der Waals surface area contributed by atoms with Crippen molar-refractivity contribution in [2.75, 3.05) is 19.7 Å². The van der Waals surface area contributed by atoms with Crippen LogP contribution in [-0.2, 0) is 4.79 Å². The number of pyridine rings is 1. The predicted octanol–water partition coefficient (Wildman–Crippen LogP) is 4.08. The van der Waals surface area contributed by atoms with Crippen LogP contribution in [-0.4, -0.2) is 41.4 Å². The number of rotatable bonds is 5. The molecule has 31 heavy (non-hydrogen) atoms. The molecule has 0 bridgehead atoms. The van der Waals surface area contributed by atoms with Crippen LogP contribution >= 0.6 is 11.6 Å². The van der Waals surface area contributed by atoms with Crippen LogP contribution in [0.4, 0.5) is 0 Å². The number of nitrogens with zero attached hydrogens (tertiary/aromatic N) is 2. The van der Waals surface area contributed by atoms with Gasteiger partial charge in [0.2, 0.25) is 0 Å². The number of ether oxygens (including phenoxy) is 1. The fourth-order valence-electron chi connectivity index (χ4n) is 3.99. The summed E-state index contributed by atoms with van der Waals surface area (Å²) in [5.41, 5.74) is 8.57. The summed E-state index contributed by atoms with van der Waals surface area (Å²) in [7, 11) is 0. The molecule has 0 aliphatic carbocycles. The second kappa shape index (κ2) is 8.94. The van der Waals surface area contributed by atoms with Crippen molar-refractivity contribution in [3.63, 3.8) is 0 Å². The number of fused-ring (bicyclic) bond motifs is 1. The molecule has 4 rings (SSSR count). The highest BCUT2D eigenvalue weighted by atomic mass is 35.5. The summed E-state index contributed by atoms with van der Waals surface area (Å²) in [6.07, 6.45) is 1.44. The first kappa shape index (κ1) is 21.1. The number of amides is 2. The van der Waals surface area contributed by atoms with Gasteiger partial charge in [0.25, 0.3) is 11.8 Å². The molecule has 0 spiro atoms. The largest absolute Gasteiger partial charge is 0.484 e. The molecule has 7 heteroatoms. The first-order valence-electron chi connectivity index (χ1n) is 10.3. The van der Waals surface area contributed by atoms with E-state index >= 15 is 0 Å². The van der Waals surface area contributed by atoms with Gasteiger partial charge in [-0.25, -0.2) is 0 Å². The van der Waals surface area contributed by atoms with E-state index in [-0.39, 0.29) is 18.4 Å². The van der Waals surface area contributed by atoms with Crippen molar-refractivity contribution in [3.8, 4) is 5.75 Å². The normalized spacial score (nSPS) is 14.6. The van der Waals surface area contributed by atoms with Gasteiger partial charge in [-0.15, -0.1) is 0 Å². The van der Waals surface area contributed by atoms with Crippen LogP contribution in [0.2, 0.25) is 5.02 Å². The molecule has 1 saturated heterocycles. The lowest BCUT2D eigenvalue weighted by Gasteiger charge is -2.32. The second-order valence-electron chi connectivity index (χ2n) is 7.83. The fourth-order valence-corrected chi connectivity index (χ4v) is 4.10. The highest BCUT2D eigenvalue weighted by molar-refractivity contribution is 6.31. The van der Waals surface area contributed by atoms with E-state index in [9.17, 15) is 9.59 Å². The molecule has 1 aliphatic rings. The maximum atomic E-state index is 12.6. The summed E-state index contributed by atoms with van der Waals surface area (Å²) in [6, 6.07) is 14.8. The Morgan fingerprint density at radius 2 is 1.90 bits per heavy atom. The third kappa shape index (κ3) is 4.64. The molecule has 2 amide bonds. The molecule has 3 aromatic rings. The lowest BCUT2D eigenvalue weighted by Crippen LogP contribution is -2.40. The molecule has 0 unspecified atom stereocenters. The zero-order chi connectivity index (χ0) is 22.0. The van der Waals surface area contributed by atoms with Crippen molar-refractivity contribution in [1.82, 2.24) is 9.88 Å². The van der Waals surface area contributed by atoms with E-state index in [4.69, 9.17) is 27.1 Å². The summed E-state index contributed by atoms with van der Waals surface area (Å²) >= 11 is 6.03. The van der Waals surface area contributed by atoms with Gasteiger partial charge in [-0.1, -0.05) is 29.8 Å². The van der Waals surface area contributed by atoms with Crippen LogP contribution in [0.1, 0.15) is 40.4 Å². The summed E-state index contributed by atoms with van der Waals surface area (Å²) in [5.74, 6) is 0.165. The van der Waals surface area contributed by atoms with E-state index in [0.717, 1.165) is 35.0 Å². The summed E-state index contributed by atoms with van der Waals surface area (Å²) in [6.45, 7) is 3.04. The van der Waals surface area contributed by atoms with Gasteiger partial charge in [0.1, 0.15) is 5.75 Å². The van der Waals surface area contributed by atoms with Gasteiger partial charge in [-0.2, -0.15) is 0 Å². The van der Waals surface area contributed by atoms with Crippen molar-refractivity contribution < 1.29 is 14.3 Å². The Bertz CT molecular complexity index is 1140. The molecule has 0 radical (unpaired) electrons. The number of carbonyl (C=O) groups is 2. The smallest absolute Gasteiger partial charge is 0.260 e. The third-order valence-electron chi connectivity index (χ3n) is 5.74. The van der Waals surface area contributed by atoms with Crippen LogP contribution in [0.5, 0.6) is 5.75 Å². The van der Waals surface area contributed by atoms with Gasteiger partial charge in [0.15, 0.2) is 6.61 Å². The van der Waals surface area contributed by atoms with Crippen molar-refractivity contribution in [2.45, 2.75) is 25.7 Å². The first-order valence-corrected chi connectivity index (χ1v) is 10.7. The standard InChI is InChI=1S/C24H24ClN3O3/c1-15-12-18(6-7-20(15)25)31-14-22(29)28-10-8-16(9-11-28)23-19(24(26)30)13-17-4-2-3-5-21(17)27-23/h2-7,12-13,16H,8-11,14H2,1H3,(H2,26,30). The van der Waals surface area contributed by atoms with Gasteiger partial charge in [-0.3, -0.25) is 14.6 Å². The van der Waals surface area contributed by atoms with Crippen LogP contribution in [0.25, 0.3) is 10.9 Å². The topological polar surface area (TPSA) is 85.5 Å². The first-order chi connectivity index (χ1) is 14.9. The minimum Gasteiger partial charge on any atom is -0.484 e. The van der Waals surface area contributed by atoms with E-state index in [2.05, 4.69) is 0 Å². The van der Waals surface area contributed by atoms with E-state index in [1.54, 1.807) is 17.0 Å². The Hall–Kier alpha value is -3.12. The van der Waals surface area contributed by atoms with Crippen LogP contribution in [0, 0.1) is 6.92 Å². The highest BCUT2D eigenvalue weighted by Gasteiger charge is 2.28. The van der Waals surface area contributed by atoms with E-state index in [0.29, 0.717) is 29.4 Å². The molecule has 2 heterocycles. The zero-order valence-corrected chi connectivity index (χ0v) is 18.1. The maximum Gasteiger partial charge on any atom is 0.260 e. The number of primary amides is 1. The Balaban J connectivity index is 1.41. The molecule has 1 fully saturated rings. The number of hydrogen-bond acceptors (Lipinski definition) is 4. The molecular formula is C24H24ClN3O3. The molecule has 2 aromatic carbocycles. The molecule has 0 saturated carbocycles. The number of aryl methyl sites for hydroxylation is 1. The number of piperidine rings is 1.